The van der Waals surface area contributed by atoms with E-state index >= 15 is 0 Å². The predicted octanol–water partition coefficient (Wildman–Crippen LogP) is 5.54. The normalized spacial score (nSPS) is 11.7. The Morgan fingerprint density at radius 3 is 1.85 bits per heavy atom. The van der Waals surface area contributed by atoms with Crippen LogP contribution in [0.4, 0.5) is 0 Å². The number of carbonyl (C=O) groups is 1. The molecular formula is C17H34BrNO. The van der Waals surface area contributed by atoms with Gasteiger partial charge in [-0.3, -0.25) is 4.79 Å². The molecule has 0 saturated heterocycles. The molecule has 0 saturated carbocycles. The van der Waals surface area contributed by atoms with Crippen LogP contribution < -0.4 is 0 Å². The zero-order valence-electron chi connectivity index (χ0n) is 14.0. The first-order valence-electron chi connectivity index (χ1n) is 8.28. The molecule has 2 nitrogen and oxygen atoms in total. The van der Waals surface area contributed by atoms with E-state index in [2.05, 4.69) is 36.7 Å². The molecule has 0 aliphatic carbocycles. The van der Waals surface area contributed by atoms with Crippen molar-refractivity contribution in [2.45, 2.75) is 90.5 Å². The maximum atomic E-state index is 12.1. The molecule has 0 spiro atoms. The van der Waals surface area contributed by atoms with Gasteiger partial charge in [0.05, 0.1) is 0 Å². The van der Waals surface area contributed by atoms with Crippen LogP contribution in [0.5, 0.6) is 0 Å². The number of hydrogen-bond acceptors (Lipinski definition) is 1. The third-order valence-electron chi connectivity index (χ3n) is 4.10. The fourth-order valence-electron chi connectivity index (χ4n) is 2.18. The number of rotatable bonds is 12. The van der Waals surface area contributed by atoms with Crippen molar-refractivity contribution in [2.75, 3.05) is 12.4 Å². The van der Waals surface area contributed by atoms with Crippen LogP contribution in [0.25, 0.3) is 0 Å². The molecule has 0 unspecified atom stereocenters. The average molecular weight is 348 g/mol. The van der Waals surface area contributed by atoms with Crippen molar-refractivity contribution in [3.05, 3.63) is 0 Å². The summed E-state index contributed by atoms with van der Waals surface area (Å²) in [5.41, 5.74) is -0.0869. The SMILES string of the molecule is CCCCCCCCCCCC(=O)N(C)C(C)(C)CBr. The Hall–Kier alpha value is -0.0500. The van der Waals surface area contributed by atoms with E-state index in [4.69, 9.17) is 0 Å². The van der Waals surface area contributed by atoms with Gasteiger partial charge in [0.15, 0.2) is 0 Å². The van der Waals surface area contributed by atoms with Gasteiger partial charge in [0.25, 0.3) is 0 Å². The molecule has 0 aromatic rings. The molecule has 1 amide bonds. The van der Waals surface area contributed by atoms with Crippen molar-refractivity contribution in [1.82, 2.24) is 4.90 Å². The molecule has 0 aromatic heterocycles. The Kier molecular flexibility index (Phi) is 11.6. The first-order chi connectivity index (χ1) is 9.45. The second-order valence-corrected chi connectivity index (χ2v) is 7.04. The van der Waals surface area contributed by atoms with E-state index in [0.717, 1.165) is 11.8 Å². The summed E-state index contributed by atoms with van der Waals surface area (Å²) >= 11 is 3.47. The second kappa shape index (κ2) is 11.6. The first kappa shape index (κ1) is 19.9. The molecule has 0 bridgehead atoms. The molecule has 0 aliphatic heterocycles. The minimum atomic E-state index is -0.0869. The van der Waals surface area contributed by atoms with Crippen LogP contribution in [0.3, 0.4) is 0 Å². The fourth-order valence-corrected chi connectivity index (χ4v) is 2.56. The summed E-state index contributed by atoms with van der Waals surface area (Å²) in [6.45, 7) is 6.44. The number of nitrogens with zero attached hydrogens (tertiary/aromatic N) is 1. The van der Waals surface area contributed by atoms with E-state index < -0.39 is 0 Å². The van der Waals surface area contributed by atoms with Crippen LogP contribution in [-0.2, 0) is 4.79 Å². The van der Waals surface area contributed by atoms with Crippen LogP contribution in [0, 0.1) is 0 Å². The van der Waals surface area contributed by atoms with Gasteiger partial charge < -0.3 is 4.90 Å². The van der Waals surface area contributed by atoms with E-state index in [1.54, 1.807) is 0 Å². The van der Waals surface area contributed by atoms with Gasteiger partial charge in [-0.1, -0.05) is 74.2 Å². The zero-order valence-corrected chi connectivity index (χ0v) is 15.6. The molecule has 0 N–H and O–H groups in total. The quantitative estimate of drug-likeness (QED) is 0.335. The Bertz CT molecular complexity index is 253. The molecule has 0 fully saturated rings. The van der Waals surface area contributed by atoms with Gasteiger partial charge in [-0.05, 0) is 20.3 Å². The largest absolute Gasteiger partial charge is 0.340 e. The number of carbonyl (C=O) groups excluding carboxylic acids is 1. The summed E-state index contributed by atoms with van der Waals surface area (Å²) in [7, 11) is 1.91. The van der Waals surface area contributed by atoms with Gasteiger partial charge in [-0.25, -0.2) is 0 Å². The van der Waals surface area contributed by atoms with Gasteiger partial charge in [0.2, 0.25) is 5.91 Å². The van der Waals surface area contributed by atoms with Crippen molar-refractivity contribution in [3.63, 3.8) is 0 Å². The highest BCUT2D eigenvalue weighted by Crippen LogP contribution is 2.17. The molecule has 0 atom stereocenters. The Labute approximate surface area is 134 Å². The van der Waals surface area contributed by atoms with E-state index in [1.807, 2.05) is 11.9 Å². The summed E-state index contributed by atoms with van der Waals surface area (Å²) in [4.78, 5) is 13.9. The average Bonchev–Trinajstić information content (AvgIpc) is 2.44. The monoisotopic (exact) mass is 347 g/mol. The van der Waals surface area contributed by atoms with Crippen LogP contribution in [0.1, 0.15) is 85.0 Å². The molecule has 20 heavy (non-hydrogen) atoms. The topological polar surface area (TPSA) is 20.3 Å². The van der Waals surface area contributed by atoms with Crippen molar-refractivity contribution < 1.29 is 4.79 Å². The highest BCUT2D eigenvalue weighted by atomic mass is 79.9. The number of halogens is 1. The summed E-state index contributed by atoms with van der Waals surface area (Å²) in [5, 5.41) is 0.819. The van der Waals surface area contributed by atoms with Crippen LogP contribution in [0.2, 0.25) is 0 Å². The maximum Gasteiger partial charge on any atom is 0.222 e. The molecule has 0 heterocycles. The van der Waals surface area contributed by atoms with Crippen molar-refractivity contribution in [3.8, 4) is 0 Å². The Morgan fingerprint density at radius 2 is 1.40 bits per heavy atom. The highest BCUT2D eigenvalue weighted by Gasteiger charge is 2.25. The van der Waals surface area contributed by atoms with Gasteiger partial charge in [0.1, 0.15) is 0 Å². The van der Waals surface area contributed by atoms with Crippen molar-refractivity contribution in [2.24, 2.45) is 0 Å². The van der Waals surface area contributed by atoms with E-state index in [9.17, 15) is 4.79 Å². The minimum absolute atomic E-state index is 0.0869. The Morgan fingerprint density at radius 1 is 0.950 bits per heavy atom. The third-order valence-corrected chi connectivity index (χ3v) is 5.48. The standard InChI is InChI=1S/C17H34BrNO/c1-5-6-7-8-9-10-11-12-13-14-16(20)19(4)17(2,3)15-18/h5-15H2,1-4H3. The van der Waals surface area contributed by atoms with E-state index in [-0.39, 0.29) is 11.4 Å². The highest BCUT2D eigenvalue weighted by molar-refractivity contribution is 9.09. The lowest BCUT2D eigenvalue weighted by Gasteiger charge is -2.34. The fraction of sp³-hybridized carbons (Fsp3) is 0.941. The van der Waals surface area contributed by atoms with Crippen LogP contribution in [-0.4, -0.2) is 28.7 Å². The lowest BCUT2D eigenvalue weighted by atomic mass is 10.0. The van der Waals surface area contributed by atoms with E-state index in [0.29, 0.717) is 6.42 Å². The summed E-state index contributed by atoms with van der Waals surface area (Å²) < 4.78 is 0. The third kappa shape index (κ3) is 8.99. The lowest BCUT2D eigenvalue weighted by molar-refractivity contribution is -0.134. The molecule has 120 valence electrons. The molecule has 0 aliphatic rings. The van der Waals surface area contributed by atoms with Crippen molar-refractivity contribution >= 4 is 21.8 Å². The Balaban J connectivity index is 3.53. The maximum absolute atomic E-state index is 12.1. The first-order valence-corrected chi connectivity index (χ1v) is 9.40. The molecule has 0 radical (unpaired) electrons. The predicted molar refractivity (Wildman–Crippen MR) is 92.5 cm³/mol. The van der Waals surface area contributed by atoms with Crippen LogP contribution in [0.15, 0.2) is 0 Å². The molecule has 0 aromatic carbocycles. The number of amides is 1. The number of hydrogen-bond donors (Lipinski definition) is 0. The van der Waals surface area contributed by atoms with Crippen molar-refractivity contribution in [1.29, 1.82) is 0 Å². The zero-order chi connectivity index (χ0) is 15.4. The van der Waals surface area contributed by atoms with Gasteiger partial charge in [-0.15, -0.1) is 0 Å². The van der Waals surface area contributed by atoms with Gasteiger partial charge in [0, 0.05) is 24.3 Å². The van der Waals surface area contributed by atoms with Crippen LogP contribution >= 0.6 is 15.9 Å². The van der Waals surface area contributed by atoms with Gasteiger partial charge in [-0.2, -0.15) is 0 Å². The minimum Gasteiger partial charge on any atom is -0.340 e. The molecule has 3 heteroatoms. The summed E-state index contributed by atoms with van der Waals surface area (Å²) in [5.74, 6) is 0.275. The number of unbranched alkanes of at least 4 members (excludes halogenated alkanes) is 8. The number of alkyl halides is 1. The lowest BCUT2D eigenvalue weighted by Crippen LogP contribution is -2.46. The molecular weight excluding hydrogens is 314 g/mol. The molecule has 0 rings (SSSR count). The summed E-state index contributed by atoms with van der Waals surface area (Å²) in [6, 6.07) is 0. The van der Waals surface area contributed by atoms with E-state index in [1.165, 1.54) is 51.4 Å². The smallest absolute Gasteiger partial charge is 0.222 e. The second-order valence-electron chi connectivity index (χ2n) is 6.48. The summed E-state index contributed by atoms with van der Waals surface area (Å²) in [6.07, 6.45) is 12.4. The van der Waals surface area contributed by atoms with Gasteiger partial charge >= 0.3 is 0 Å².